The average Bonchev–Trinajstić information content (AvgIpc) is 3.13. The van der Waals surface area contributed by atoms with E-state index in [9.17, 15) is 4.79 Å². The van der Waals surface area contributed by atoms with Crippen LogP contribution >= 0.6 is 11.6 Å². The minimum atomic E-state index is -0.284. The van der Waals surface area contributed by atoms with Crippen molar-refractivity contribution in [2.45, 2.75) is 19.4 Å². The van der Waals surface area contributed by atoms with E-state index in [2.05, 4.69) is 10.1 Å². The van der Waals surface area contributed by atoms with Gasteiger partial charge in [0, 0.05) is 24.3 Å². The molecule has 1 aliphatic heterocycles. The number of carbonyl (C=O) groups excluding carboxylic acids is 1. The number of carbonyl (C=O) groups is 1. The molecule has 1 amide bonds. The zero-order valence-electron chi connectivity index (χ0n) is 15.0. The summed E-state index contributed by atoms with van der Waals surface area (Å²) in [4.78, 5) is 16.8. The minimum absolute atomic E-state index is 0.132. The Morgan fingerprint density at radius 1 is 1.19 bits per heavy atom. The fourth-order valence-electron chi connectivity index (χ4n) is 3.41. The maximum absolute atomic E-state index is 12.2. The number of nitrogens with zero attached hydrogens (tertiary/aromatic N) is 3. The van der Waals surface area contributed by atoms with Gasteiger partial charge in [-0.15, -0.1) is 0 Å². The molecule has 1 aliphatic rings. The van der Waals surface area contributed by atoms with E-state index in [0.29, 0.717) is 22.8 Å². The summed E-state index contributed by atoms with van der Waals surface area (Å²) in [5.41, 5.74) is 3.34. The number of amides is 1. The highest BCUT2D eigenvalue weighted by Crippen LogP contribution is 2.38. The van der Waals surface area contributed by atoms with Crippen molar-refractivity contribution in [3.63, 3.8) is 0 Å². The number of ether oxygens (including phenoxy) is 1. The second-order valence-electron chi connectivity index (χ2n) is 6.40. The summed E-state index contributed by atoms with van der Waals surface area (Å²) in [6.07, 6.45) is 0.584. The van der Waals surface area contributed by atoms with Crippen LogP contribution in [0.25, 0.3) is 10.9 Å². The lowest BCUT2D eigenvalue weighted by Crippen LogP contribution is -2.24. The molecule has 0 aliphatic carbocycles. The van der Waals surface area contributed by atoms with Gasteiger partial charge in [0.15, 0.2) is 0 Å². The molecule has 136 valence electrons. The number of rotatable bonds is 3. The van der Waals surface area contributed by atoms with E-state index >= 15 is 0 Å². The molecule has 2 heterocycles. The van der Waals surface area contributed by atoms with Crippen molar-refractivity contribution in [3.8, 4) is 5.75 Å². The molecular weight excluding hydrogens is 362 g/mol. The molecule has 0 saturated heterocycles. The first-order chi connectivity index (χ1) is 13.1. The smallest absolute Gasteiger partial charge is 0.240 e. The summed E-state index contributed by atoms with van der Waals surface area (Å²) in [5, 5.41) is 7.32. The van der Waals surface area contributed by atoms with E-state index in [1.165, 1.54) is 11.9 Å². The minimum Gasteiger partial charge on any atom is -0.494 e. The van der Waals surface area contributed by atoms with E-state index in [0.717, 1.165) is 22.2 Å². The average molecular weight is 380 g/mol. The largest absolute Gasteiger partial charge is 0.494 e. The summed E-state index contributed by atoms with van der Waals surface area (Å²) < 4.78 is 5.37. The van der Waals surface area contributed by atoms with Crippen molar-refractivity contribution in [3.05, 3.63) is 70.9 Å². The molecule has 4 rings (SSSR count). The number of fused-ring (bicyclic) bond motifs is 1. The Balaban J connectivity index is 1.78. The first-order valence-corrected chi connectivity index (χ1v) is 9.02. The van der Waals surface area contributed by atoms with Crippen LogP contribution in [0.1, 0.15) is 30.5 Å². The van der Waals surface area contributed by atoms with Gasteiger partial charge in [-0.3, -0.25) is 4.79 Å². The van der Waals surface area contributed by atoms with Gasteiger partial charge in [0.05, 0.1) is 18.9 Å². The third kappa shape index (κ3) is 3.15. The fourth-order valence-corrected chi connectivity index (χ4v) is 3.68. The lowest BCUT2D eigenvalue weighted by molar-refractivity contribution is -0.130. The van der Waals surface area contributed by atoms with Crippen LogP contribution in [0.3, 0.4) is 0 Å². The van der Waals surface area contributed by atoms with Gasteiger partial charge in [0.1, 0.15) is 16.4 Å². The molecule has 2 aromatic carbocycles. The van der Waals surface area contributed by atoms with Crippen LogP contribution in [0, 0.1) is 0 Å². The molecule has 6 heteroatoms. The number of hydrogen-bond acceptors (Lipinski definition) is 4. The summed E-state index contributed by atoms with van der Waals surface area (Å²) in [6, 6.07) is 17.2. The Bertz CT molecular complexity index is 1050. The zero-order valence-corrected chi connectivity index (χ0v) is 15.8. The topological polar surface area (TPSA) is 54.8 Å². The Kier molecular flexibility index (Phi) is 4.54. The molecule has 0 spiro atoms. The third-order valence-electron chi connectivity index (χ3n) is 4.71. The van der Waals surface area contributed by atoms with Gasteiger partial charge in [-0.1, -0.05) is 54.1 Å². The second kappa shape index (κ2) is 7.00. The van der Waals surface area contributed by atoms with Gasteiger partial charge in [-0.25, -0.2) is 9.99 Å². The molecule has 1 unspecified atom stereocenters. The van der Waals surface area contributed by atoms with Gasteiger partial charge in [0.2, 0.25) is 5.91 Å². The Morgan fingerprint density at radius 2 is 1.96 bits per heavy atom. The fraction of sp³-hybridized carbons (Fsp3) is 0.190. The Hall–Kier alpha value is -2.92. The Morgan fingerprint density at radius 3 is 2.67 bits per heavy atom. The van der Waals surface area contributed by atoms with Crippen molar-refractivity contribution in [2.24, 2.45) is 5.10 Å². The molecule has 5 nitrogen and oxygen atoms in total. The number of pyridine rings is 1. The van der Waals surface area contributed by atoms with E-state index < -0.39 is 0 Å². The predicted molar refractivity (Wildman–Crippen MR) is 106 cm³/mol. The van der Waals surface area contributed by atoms with Gasteiger partial charge in [-0.2, -0.15) is 5.10 Å². The molecule has 1 aromatic heterocycles. The predicted octanol–water partition coefficient (Wildman–Crippen LogP) is 4.59. The second-order valence-corrected chi connectivity index (χ2v) is 6.75. The maximum atomic E-state index is 12.2. The number of benzene rings is 2. The van der Waals surface area contributed by atoms with Crippen LogP contribution in [0.2, 0.25) is 5.15 Å². The first kappa shape index (κ1) is 17.5. The molecular formula is C21H18ClN3O2. The van der Waals surface area contributed by atoms with E-state index in [-0.39, 0.29) is 11.9 Å². The molecule has 27 heavy (non-hydrogen) atoms. The van der Waals surface area contributed by atoms with Crippen molar-refractivity contribution >= 4 is 34.1 Å². The van der Waals surface area contributed by atoms with Crippen LogP contribution in [-0.2, 0) is 4.79 Å². The summed E-state index contributed by atoms with van der Waals surface area (Å²) >= 11 is 6.52. The highest BCUT2D eigenvalue weighted by molar-refractivity contribution is 6.30. The lowest BCUT2D eigenvalue weighted by atomic mass is 9.98. The molecule has 0 saturated carbocycles. The molecule has 0 N–H and O–H groups in total. The number of aromatic nitrogens is 1. The van der Waals surface area contributed by atoms with Crippen LogP contribution in [0.15, 0.2) is 59.7 Å². The number of para-hydroxylation sites is 1. The highest BCUT2D eigenvalue weighted by Gasteiger charge is 2.33. The summed E-state index contributed by atoms with van der Waals surface area (Å²) in [6.45, 7) is 1.51. The van der Waals surface area contributed by atoms with E-state index in [1.54, 1.807) is 7.11 Å². The van der Waals surface area contributed by atoms with Gasteiger partial charge >= 0.3 is 0 Å². The lowest BCUT2D eigenvalue weighted by Gasteiger charge is -2.21. The SMILES string of the molecule is COc1cccc2cc(C3CC(c4ccccc4)=NN3C(C)=O)c(Cl)nc12. The number of halogens is 1. The van der Waals surface area contributed by atoms with Crippen LogP contribution < -0.4 is 4.74 Å². The van der Waals surface area contributed by atoms with Crippen LogP contribution in [0.4, 0.5) is 0 Å². The quantitative estimate of drug-likeness (QED) is 0.625. The van der Waals surface area contributed by atoms with Gasteiger partial charge < -0.3 is 4.74 Å². The number of hydrazone groups is 1. The summed E-state index contributed by atoms with van der Waals surface area (Å²) in [7, 11) is 1.60. The van der Waals surface area contributed by atoms with Gasteiger partial charge in [-0.05, 0) is 17.7 Å². The molecule has 0 bridgehead atoms. The summed E-state index contributed by atoms with van der Waals surface area (Å²) in [5.74, 6) is 0.532. The van der Waals surface area contributed by atoms with Gasteiger partial charge in [0.25, 0.3) is 0 Å². The van der Waals surface area contributed by atoms with Crippen molar-refractivity contribution in [1.29, 1.82) is 0 Å². The van der Waals surface area contributed by atoms with Crippen molar-refractivity contribution < 1.29 is 9.53 Å². The number of hydrogen-bond donors (Lipinski definition) is 0. The Labute approximate surface area is 162 Å². The first-order valence-electron chi connectivity index (χ1n) is 8.64. The van der Waals surface area contributed by atoms with E-state index in [4.69, 9.17) is 16.3 Å². The normalized spacial score (nSPS) is 16.5. The van der Waals surface area contributed by atoms with Crippen LogP contribution in [0.5, 0.6) is 5.75 Å². The standard InChI is InChI=1S/C21H18ClN3O2/c1-13(26)25-18(12-17(24-25)14-7-4-3-5-8-14)16-11-15-9-6-10-19(27-2)20(15)23-21(16)22/h3-11,18H,12H2,1-2H3. The van der Waals surface area contributed by atoms with Crippen LogP contribution in [-0.4, -0.2) is 28.7 Å². The molecule has 0 fully saturated rings. The number of methoxy groups -OCH3 is 1. The van der Waals surface area contributed by atoms with Crippen molar-refractivity contribution in [1.82, 2.24) is 9.99 Å². The van der Waals surface area contributed by atoms with Crippen molar-refractivity contribution in [2.75, 3.05) is 7.11 Å². The highest BCUT2D eigenvalue weighted by atomic mass is 35.5. The maximum Gasteiger partial charge on any atom is 0.240 e. The monoisotopic (exact) mass is 379 g/mol. The molecule has 3 aromatic rings. The molecule has 1 atom stereocenters. The third-order valence-corrected chi connectivity index (χ3v) is 5.01. The zero-order chi connectivity index (χ0) is 19.0. The molecule has 0 radical (unpaired) electrons. The van der Waals surface area contributed by atoms with E-state index in [1.807, 2.05) is 54.6 Å².